The van der Waals surface area contributed by atoms with Crippen molar-refractivity contribution in [3.8, 4) is 11.5 Å². The largest absolute Gasteiger partial charge is 0.493 e. The van der Waals surface area contributed by atoms with Gasteiger partial charge in [-0.15, -0.1) is 0 Å². The fourth-order valence-electron chi connectivity index (χ4n) is 4.56. The molecule has 0 aliphatic carbocycles. The molecule has 1 atom stereocenters. The molecular formula is C30H25ClN2O5S. The van der Waals surface area contributed by atoms with E-state index < -0.39 is 12.0 Å². The molecule has 0 saturated heterocycles. The van der Waals surface area contributed by atoms with Crippen LogP contribution in [-0.2, 0) is 9.53 Å². The molecule has 1 aliphatic rings. The summed E-state index contributed by atoms with van der Waals surface area (Å²) in [5.74, 6) is 0.338. The Kier molecular flexibility index (Phi) is 7.67. The average molecular weight is 561 g/mol. The van der Waals surface area contributed by atoms with E-state index in [2.05, 4.69) is 0 Å². The van der Waals surface area contributed by atoms with Crippen LogP contribution in [0.5, 0.6) is 11.5 Å². The first kappa shape index (κ1) is 26.5. The van der Waals surface area contributed by atoms with Crippen molar-refractivity contribution in [3.05, 3.63) is 120 Å². The van der Waals surface area contributed by atoms with Crippen LogP contribution in [-0.4, -0.2) is 31.4 Å². The van der Waals surface area contributed by atoms with Crippen LogP contribution in [0.2, 0.25) is 5.02 Å². The summed E-state index contributed by atoms with van der Waals surface area (Å²) in [5, 5.41) is 0.356. The molecule has 9 heteroatoms. The number of hydrogen-bond acceptors (Lipinski definition) is 7. The number of methoxy groups -OCH3 is 2. The zero-order valence-corrected chi connectivity index (χ0v) is 23.1. The monoisotopic (exact) mass is 560 g/mol. The van der Waals surface area contributed by atoms with Gasteiger partial charge < -0.3 is 14.2 Å². The third-order valence-electron chi connectivity index (χ3n) is 6.24. The maximum Gasteiger partial charge on any atom is 0.338 e. The van der Waals surface area contributed by atoms with Crippen molar-refractivity contribution in [3.63, 3.8) is 0 Å². The lowest BCUT2D eigenvalue weighted by molar-refractivity contribution is -0.138. The van der Waals surface area contributed by atoms with Crippen LogP contribution in [0.25, 0.3) is 11.8 Å². The summed E-state index contributed by atoms with van der Waals surface area (Å²) in [5.41, 5.74) is 2.68. The average Bonchev–Trinajstić information content (AvgIpc) is 3.27. The van der Waals surface area contributed by atoms with Gasteiger partial charge in [0.25, 0.3) is 5.56 Å². The van der Waals surface area contributed by atoms with Gasteiger partial charge in [-0.25, -0.2) is 9.79 Å². The molecule has 0 bridgehead atoms. The summed E-state index contributed by atoms with van der Waals surface area (Å²) in [6.45, 7) is 1.94. The highest BCUT2D eigenvalue weighted by atomic mass is 35.5. The molecule has 0 radical (unpaired) electrons. The van der Waals surface area contributed by atoms with Crippen LogP contribution < -0.4 is 24.4 Å². The molecule has 7 nitrogen and oxygen atoms in total. The lowest BCUT2D eigenvalue weighted by Gasteiger charge is -2.25. The fourth-order valence-corrected chi connectivity index (χ4v) is 5.86. The molecule has 5 rings (SSSR count). The number of carbonyl (C=O) groups is 1. The zero-order valence-electron chi connectivity index (χ0n) is 21.5. The molecule has 0 spiro atoms. The van der Waals surface area contributed by atoms with Crippen molar-refractivity contribution < 1.29 is 19.0 Å². The molecule has 1 aromatic heterocycles. The molecule has 0 saturated carbocycles. The number of esters is 1. The zero-order chi connectivity index (χ0) is 27.5. The summed E-state index contributed by atoms with van der Waals surface area (Å²) in [6, 6.07) is 21.6. The molecule has 0 amide bonds. The van der Waals surface area contributed by atoms with Crippen molar-refractivity contribution in [1.82, 2.24) is 4.57 Å². The quantitative estimate of drug-likeness (QED) is 0.309. The highest BCUT2D eigenvalue weighted by Gasteiger charge is 2.35. The Hall–Kier alpha value is -4.14. The third-order valence-corrected chi connectivity index (χ3v) is 7.51. The lowest BCUT2D eigenvalue weighted by Crippen LogP contribution is -2.39. The smallest absolute Gasteiger partial charge is 0.338 e. The summed E-state index contributed by atoms with van der Waals surface area (Å²) in [4.78, 5) is 32.7. The minimum absolute atomic E-state index is 0.191. The predicted octanol–water partition coefficient (Wildman–Crippen LogP) is 4.61. The van der Waals surface area contributed by atoms with E-state index in [9.17, 15) is 9.59 Å². The Bertz CT molecular complexity index is 1740. The topological polar surface area (TPSA) is 79.1 Å². The Morgan fingerprint density at radius 2 is 1.74 bits per heavy atom. The predicted molar refractivity (Wildman–Crippen MR) is 152 cm³/mol. The Morgan fingerprint density at radius 1 is 1.05 bits per heavy atom. The van der Waals surface area contributed by atoms with Crippen LogP contribution in [0.3, 0.4) is 0 Å². The molecule has 39 heavy (non-hydrogen) atoms. The maximum atomic E-state index is 14.0. The first-order chi connectivity index (χ1) is 19.0. The third kappa shape index (κ3) is 5.01. The van der Waals surface area contributed by atoms with Crippen molar-refractivity contribution >= 4 is 40.7 Å². The van der Waals surface area contributed by atoms with Gasteiger partial charge >= 0.3 is 5.97 Å². The number of thiazole rings is 1. The summed E-state index contributed by atoms with van der Waals surface area (Å²) in [7, 11) is 3.03. The molecule has 0 unspecified atom stereocenters. The van der Waals surface area contributed by atoms with Gasteiger partial charge in [-0.3, -0.25) is 9.36 Å². The Balaban J connectivity index is 1.80. The van der Waals surface area contributed by atoms with Crippen LogP contribution >= 0.6 is 22.9 Å². The molecular weight excluding hydrogens is 536 g/mol. The number of halogens is 1. The van der Waals surface area contributed by atoms with E-state index in [1.54, 1.807) is 29.7 Å². The fraction of sp³-hybridized carbons (Fsp3) is 0.167. The van der Waals surface area contributed by atoms with Crippen molar-refractivity contribution in [1.29, 1.82) is 0 Å². The van der Waals surface area contributed by atoms with Crippen molar-refractivity contribution in [2.45, 2.75) is 13.0 Å². The van der Waals surface area contributed by atoms with E-state index in [1.807, 2.05) is 60.7 Å². The second kappa shape index (κ2) is 11.3. The highest BCUT2D eigenvalue weighted by Crippen LogP contribution is 2.37. The summed E-state index contributed by atoms with van der Waals surface area (Å²) < 4.78 is 18.2. The van der Waals surface area contributed by atoms with Gasteiger partial charge in [0.2, 0.25) is 0 Å². The molecule has 198 valence electrons. The number of hydrogen-bond donors (Lipinski definition) is 0. The lowest BCUT2D eigenvalue weighted by atomic mass is 9.93. The molecule has 1 aliphatic heterocycles. The van der Waals surface area contributed by atoms with Gasteiger partial charge in [-0.05, 0) is 36.3 Å². The first-order valence-corrected chi connectivity index (χ1v) is 13.4. The van der Waals surface area contributed by atoms with Crippen LogP contribution in [0.1, 0.15) is 29.7 Å². The van der Waals surface area contributed by atoms with E-state index in [4.69, 9.17) is 30.8 Å². The number of benzene rings is 3. The van der Waals surface area contributed by atoms with Crippen molar-refractivity contribution in [2.75, 3.05) is 20.8 Å². The van der Waals surface area contributed by atoms with Gasteiger partial charge in [-0.1, -0.05) is 83.6 Å². The van der Waals surface area contributed by atoms with Crippen LogP contribution in [0, 0.1) is 0 Å². The summed E-state index contributed by atoms with van der Waals surface area (Å²) >= 11 is 7.65. The van der Waals surface area contributed by atoms with Crippen LogP contribution in [0.4, 0.5) is 0 Å². The van der Waals surface area contributed by atoms with E-state index in [-0.39, 0.29) is 12.2 Å². The second-order valence-electron chi connectivity index (χ2n) is 8.58. The van der Waals surface area contributed by atoms with Crippen LogP contribution in [0.15, 0.2) is 88.2 Å². The molecule has 0 fully saturated rings. The van der Waals surface area contributed by atoms with Gasteiger partial charge in [0.15, 0.2) is 16.3 Å². The second-order valence-corrected chi connectivity index (χ2v) is 10.00. The molecule has 0 N–H and O–H groups in total. The van der Waals surface area contributed by atoms with Crippen molar-refractivity contribution in [2.24, 2.45) is 4.99 Å². The molecule has 2 heterocycles. The Labute approximate surface area is 233 Å². The standard InChI is InChI=1S/C30H25ClN2O5S/c1-4-38-29(35)24-25(19-11-7-5-8-12-19)32-30-33(26(24)20-13-9-6-10-14-20)28(34)23(39-30)17-18-15-21(31)27(37-3)22(16-18)36-2/h5-17,26H,4H2,1-3H3/b23-17-/t26-/m0/s1. The van der Waals surface area contributed by atoms with E-state index in [0.29, 0.717) is 42.7 Å². The van der Waals surface area contributed by atoms with E-state index in [0.717, 1.165) is 11.1 Å². The first-order valence-electron chi connectivity index (χ1n) is 12.2. The minimum Gasteiger partial charge on any atom is -0.493 e. The number of aromatic nitrogens is 1. The minimum atomic E-state index is -0.729. The van der Waals surface area contributed by atoms with Gasteiger partial charge in [-0.2, -0.15) is 0 Å². The van der Waals surface area contributed by atoms with E-state index >= 15 is 0 Å². The SMILES string of the molecule is CCOC(=O)C1=C(c2ccccc2)N=c2s/c(=C\c3cc(Cl)c(OC)c(OC)c3)c(=O)n2[C@H]1c1ccccc1. The van der Waals surface area contributed by atoms with Gasteiger partial charge in [0, 0.05) is 5.56 Å². The van der Waals surface area contributed by atoms with Gasteiger partial charge in [0.1, 0.15) is 0 Å². The normalized spacial score (nSPS) is 15.0. The number of fused-ring (bicyclic) bond motifs is 1. The molecule has 3 aromatic carbocycles. The number of carbonyl (C=O) groups excluding carboxylic acids is 1. The number of rotatable bonds is 7. The highest BCUT2D eigenvalue weighted by molar-refractivity contribution is 7.07. The Morgan fingerprint density at radius 3 is 2.38 bits per heavy atom. The number of nitrogens with zero attached hydrogens (tertiary/aromatic N) is 2. The maximum absolute atomic E-state index is 14.0. The molecule has 4 aromatic rings. The van der Waals surface area contributed by atoms with E-state index in [1.165, 1.54) is 25.6 Å². The number of ether oxygens (including phenoxy) is 3. The summed E-state index contributed by atoms with van der Waals surface area (Å²) in [6.07, 6.45) is 1.73. The van der Waals surface area contributed by atoms with Gasteiger partial charge in [0.05, 0.1) is 47.7 Å².